The molecule has 0 saturated heterocycles. The van der Waals surface area contributed by atoms with Crippen LogP contribution in [0.2, 0.25) is 0 Å². The summed E-state index contributed by atoms with van der Waals surface area (Å²) in [5.74, 6) is -1.09. The number of hydrogen-bond acceptors (Lipinski definition) is 3. The zero-order chi connectivity index (χ0) is 12.9. The molecule has 1 rings (SSSR count). The van der Waals surface area contributed by atoms with Gasteiger partial charge < -0.3 is 5.32 Å². The van der Waals surface area contributed by atoms with E-state index in [1.807, 2.05) is 6.07 Å². The Kier molecular flexibility index (Phi) is 8.05. The summed E-state index contributed by atoms with van der Waals surface area (Å²) in [5.41, 5.74) is 0.763. The van der Waals surface area contributed by atoms with Crippen molar-refractivity contribution >= 4 is 53.8 Å². The monoisotopic (exact) mass is 299 g/mol. The second-order valence-electron chi connectivity index (χ2n) is 3.79. The van der Waals surface area contributed by atoms with Gasteiger partial charge in [0.15, 0.2) is 0 Å². The molecule has 0 aliphatic carbocycles. The molecule has 0 saturated carbocycles. The van der Waals surface area contributed by atoms with Gasteiger partial charge in [-0.05, 0) is 5.56 Å². The van der Waals surface area contributed by atoms with E-state index in [1.165, 1.54) is 6.92 Å². The normalized spacial score (nSPS) is 12.3. The summed E-state index contributed by atoms with van der Waals surface area (Å²) in [5, 5.41) is 2.55. The first-order chi connectivity index (χ1) is 7.88. The number of carbonyl (C=O) groups excluding carboxylic acids is 1. The number of nitrogens with one attached hydrogen (secondary N) is 1. The summed E-state index contributed by atoms with van der Waals surface area (Å²) >= 11 is 0. The van der Waals surface area contributed by atoms with Crippen molar-refractivity contribution in [2.75, 3.05) is 12.3 Å². The molecule has 0 bridgehead atoms. The van der Waals surface area contributed by atoms with Crippen LogP contribution in [0.4, 0.5) is 0 Å². The van der Waals surface area contributed by atoms with Gasteiger partial charge in [0.05, 0.1) is 5.75 Å². The van der Waals surface area contributed by atoms with Crippen LogP contribution < -0.4 is 5.32 Å². The zero-order valence-electron chi connectivity index (χ0n) is 9.46. The van der Waals surface area contributed by atoms with Gasteiger partial charge in [0.1, 0.15) is 0 Å². The van der Waals surface area contributed by atoms with Crippen molar-refractivity contribution in [1.82, 2.24) is 5.32 Å². The summed E-state index contributed by atoms with van der Waals surface area (Å²) < 4.78 is 30.7. The summed E-state index contributed by atoms with van der Waals surface area (Å²) in [6.45, 7) is 1.54. The Bertz CT molecular complexity index is 475. The first-order valence-corrected chi connectivity index (χ1v) is 6.74. The standard InChI is InChI=1S/C11H15NO4S.Ca.2H/c1-9(13)12-7-11(8-17(14,15)16)10-5-3-2-4-6-10;;;/h2-6,11H,7-8H2,1H3,(H,12,13)(H,14,15,16);;;. The van der Waals surface area contributed by atoms with Gasteiger partial charge in [-0.2, -0.15) is 8.42 Å². The van der Waals surface area contributed by atoms with Crippen molar-refractivity contribution in [3.05, 3.63) is 35.9 Å². The van der Waals surface area contributed by atoms with Crippen molar-refractivity contribution in [2.24, 2.45) is 0 Å². The number of rotatable bonds is 5. The summed E-state index contributed by atoms with van der Waals surface area (Å²) in [4.78, 5) is 10.8. The Morgan fingerprint density at radius 3 is 2.33 bits per heavy atom. The molecule has 7 heteroatoms. The molecule has 0 heterocycles. The number of carbonyl (C=O) groups is 1. The molecule has 1 unspecified atom stereocenters. The fourth-order valence-corrected chi connectivity index (χ4v) is 2.34. The van der Waals surface area contributed by atoms with E-state index in [-0.39, 0.29) is 50.2 Å². The van der Waals surface area contributed by atoms with Crippen LogP contribution in [0.25, 0.3) is 0 Å². The second-order valence-corrected chi connectivity index (χ2v) is 5.29. The molecule has 1 aromatic rings. The third-order valence-electron chi connectivity index (χ3n) is 2.28. The molecule has 0 fully saturated rings. The van der Waals surface area contributed by atoms with Crippen LogP contribution >= 0.6 is 0 Å². The van der Waals surface area contributed by atoms with E-state index in [9.17, 15) is 13.2 Å². The van der Waals surface area contributed by atoms with Gasteiger partial charge >= 0.3 is 37.7 Å². The first-order valence-electron chi connectivity index (χ1n) is 5.13. The Morgan fingerprint density at radius 2 is 1.89 bits per heavy atom. The van der Waals surface area contributed by atoms with Crippen LogP contribution in [-0.4, -0.2) is 68.9 Å². The third-order valence-corrected chi connectivity index (χ3v) is 3.10. The predicted octanol–water partition coefficient (Wildman–Crippen LogP) is -0.122. The van der Waals surface area contributed by atoms with Crippen molar-refractivity contribution < 1.29 is 17.8 Å². The van der Waals surface area contributed by atoms with Crippen LogP contribution in [0.15, 0.2) is 30.3 Å². The Hall–Kier alpha value is -0.140. The second kappa shape index (κ2) is 8.12. The van der Waals surface area contributed by atoms with Crippen LogP contribution in [-0.2, 0) is 14.9 Å². The predicted molar refractivity (Wildman–Crippen MR) is 72.8 cm³/mol. The number of amides is 1. The molecule has 0 radical (unpaired) electrons. The van der Waals surface area contributed by atoms with Gasteiger partial charge in [-0.15, -0.1) is 0 Å². The zero-order valence-corrected chi connectivity index (χ0v) is 10.3. The molecule has 1 atom stereocenters. The molecule has 18 heavy (non-hydrogen) atoms. The SMILES string of the molecule is CC(=O)NCC(CS(=O)(=O)O)c1ccccc1.[CaH2]. The Labute approximate surface area is 137 Å². The topological polar surface area (TPSA) is 83.5 Å². The number of hydrogen-bond donors (Lipinski definition) is 2. The van der Waals surface area contributed by atoms with Crippen LogP contribution in [0.3, 0.4) is 0 Å². The van der Waals surface area contributed by atoms with Gasteiger partial charge in [-0.1, -0.05) is 30.3 Å². The minimum absolute atomic E-state index is 0. The van der Waals surface area contributed by atoms with Gasteiger partial charge in [0, 0.05) is 19.4 Å². The summed E-state index contributed by atoms with van der Waals surface area (Å²) in [6, 6.07) is 8.89. The van der Waals surface area contributed by atoms with Gasteiger partial charge in [-0.3, -0.25) is 9.35 Å². The van der Waals surface area contributed by atoms with Crippen LogP contribution in [0, 0.1) is 0 Å². The maximum atomic E-state index is 10.9. The quantitative estimate of drug-likeness (QED) is 0.586. The molecule has 0 aliphatic rings. The van der Waals surface area contributed by atoms with E-state index >= 15 is 0 Å². The molecule has 5 nitrogen and oxygen atoms in total. The maximum absolute atomic E-state index is 10.9. The van der Waals surface area contributed by atoms with E-state index in [0.29, 0.717) is 0 Å². The van der Waals surface area contributed by atoms with Gasteiger partial charge in [0.2, 0.25) is 5.91 Å². The van der Waals surface area contributed by atoms with E-state index in [4.69, 9.17) is 4.55 Å². The molecule has 1 amide bonds. The Morgan fingerprint density at radius 1 is 1.33 bits per heavy atom. The van der Waals surface area contributed by atoms with Crippen LogP contribution in [0.5, 0.6) is 0 Å². The van der Waals surface area contributed by atoms with Crippen LogP contribution in [0.1, 0.15) is 18.4 Å². The van der Waals surface area contributed by atoms with E-state index in [0.717, 1.165) is 5.56 Å². The molecular formula is C11H17CaNO4S. The average Bonchev–Trinajstić information content (AvgIpc) is 2.24. The van der Waals surface area contributed by atoms with E-state index in [2.05, 4.69) is 5.32 Å². The fourth-order valence-electron chi connectivity index (χ4n) is 1.52. The van der Waals surface area contributed by atoms with Gasteiger partial charge in [-0.25, -0.2) is 0 Å². The molecular weight excluding hydrogens is 282 g/mol. The van der Waals surface area contributed by atoms with Crippen molar-refractivity contribution in [3.8, 4) is 0 Å². The number of benzene rings is 1. The first kappa shape index (κ1) is 17.9. The van der Waals surface area contributed by atoms with Crippen molar-refractivity contribution in [1.29, 1.82) is 0 Å². The van der Waals surface area contributed by atoms with E-state index in [1.54, 1.807) is 24.3 Å². The average molecular weight is 299 g/mol. The summed E-state index contributed by atoms with van der Waals surface area (Å²) in [7, 11) is -4.07. The van der Waals surface area contributed by atoms with Crippen molar-refractivity contribution in [3.63, 3.8) is 0 Å². The summed E-state index contributed by atoms with van der Waals surface area (Å²) in [6.07, 6.45) is 0. The Balaban J connectivity index is 0.00000289. The molecule has 1 aromatic carbocycles. The molecule has 2 N–H and O–H groups in total. The van der Waals surface area contributed by atoms with E-state index < -0.39 is 21.8 Å². The van der Waals surface area contributed by atoms with Crippen molar-refractivity contribution in [2.45, 2.75) is 12.8 Å². The third kappa shape index (κ3) is 7.33. The molecule has 0 spiro atoms. The van der Waals surface area contributed by atoms with Gasteiger partial charge in [0.25, 0.3) is 10.1 Å². The molecule has 0 aromatic heterocycles. The minimum atomic E-state index is -4.07. The molecule has 0 aliphatic heterocycles. The molecule has 98 valence electrons. The fraction of sp³-hybridized carbons (Fsp3) is 0.364.